The Labute approximate surface area is 517 Å². The van der Waals surface area contributed by atoms with Gasteiger partial charge in [-0.05, 0) is 37.5 Å². The molecule has 0 spiro atoms. The van der Waals surface area contributed by atoms with Crippen molar-refractivity contribution >= 4 is 39.5 Å². The number of aliphatic hydroxyl groups is 1. The molecule has 2 unspecified atom stereocenters. The maximum Gasteiger partial charge on any atom is 0.472 e. The van der Waals surface area contributed by atoms with E-state index < -0.39 is 97.5 Å². The summed E-state index contributed by atoms with van der Waals surface area (Å²) in [5.41, 5.74) is 0. The van der Waals surface area contributed by atoms with Crippen LogP contribution in [0, 0.1) is 11.8 Å². The lowest BCUT2D eigenvalue weighted by Crippen LogP contribution is -2.30. The van der Waals surface area contributed by atoms with Crippen LogP contribution >= 0.6 is 15.6 Å². The van der Waals surface area contributed by atoms with Gasteiger partial charge in [0.15, 0.2) is 12.2 Å². The number of carbonyl (C=O) groups is 4. The summed E-state index contributed by atoms with van der Waals surface area (Å²) < 4.78 is 68.0. The minimum absolute atomic E-state index is 0.102. The fraction of sp³-hybridized carbons (Fsp3) is 0.939. The van der Waals surface area contributed by atoms with Crippen LogP contribution in [0.4, 0.5) is 0 Å². The second kappa shape index (κ2) is 58.4. The molecule has 0 aromatic rings. The Morgan fingerprint density at radius 2 is 0.541 bits per heavy atom. The van der Waals surface area contributed by atoms with Crippen LogP contribution in [0.25, 0.3) is 0 Å². The van der Waals surface area contributed by atoms with Gasteiger partial charge in [0.2, 0.25) is 0 Å². The Bertz CT molecular complexity index is 1670. The number of ether oxygens (including phenoxy) is 4. The van der Waals surface area contributed by atoms with Gasteiger partial charge in [-0.25, -0.2) is 9.13 Å². The second-order valence-corrected chi connectivity index (χ2v) is 27.7. The lowest BCUT2D eigenvalue weighted by molar-refractivity contribution is -0.161. The monoisotopic (exact) mass is 1250 g/mol. The van der Waals surface area contributed by atoms with E-state index in [0.29, 0.717) is 31.6 Å². The zero-order chi connectivity index (χ0) is 62.9. The molecule has 19 heteroatoms. The highest BCUT2D eigenvalue weighted by Gasteiger charge is 2.30. The molecule has 0 fully saturated rings. The van der Waals surface area contributed by atoms with Crippen LogP contribution in [-0.4, -0.2) is 96.7 Å². The first-order valence-electron chi connectivity index (χ1n) is 34.5. The van der Waals surface area contributed by atoms with Crippen LogP contribution in [0.3, 0.4) is 0 Å². The summed E-state index contributed by atoms with van der Waals surface area (Å²) in [6.07, 6.45) is 41.8. The maximum absolute atomic E-state index is 13.0. The number of carbonyl (C=O) groups excluding carboxylic acids is 4. The first kappa shape index (κ1) is 83.1. The highest BCUT2D eigenvalue weighted by Crippen LogP contribution is 2.45. The lowest BCUT2D eigenvalue weighted by Gasteiger charge is -2.21. The average Bonchev–Trinajstić information content (AvgIpc) is 3.63. The molecule has 0 amide bonds. The van der Waals surface area contributed by atoms with Gasteiger partial charge >= 0.3 is 39.5 Å². The number of aliphatic hydroxyl groups excluding tert-OH is 1. The number of rotatable bonds is 65. The molecule has 0 aliphatic heterocycles. The number of unbranched alkanes of at least 4 members (excludes halogenated alkanes) is 35. The first-order chi connectivity index (χ1) is 40.9. The van der Waals surface area contributed by atoms with Gasteiger partial charge in [-0.15, -0.1) is 0 Å². The van der Waals surface area contributed by atoms with E-state index in [1.807, 2.05) is 0 Å². The third-order valence-electron chi connectivity index (χ3n) is 15.2. The summed E-state index contributed by atoms with van der Waals surface area (Å²) in [7, 11) is -9.89. The van der Waals surface area contributed by atoms with E-state index in [-0.39, 0.29) is 25.7 Å². The number of phosphoric ester groups is 2. The lowest BCUT2D eigenvalue weighted by atomic mass is 10.0. The minimum Gasteiger partial charge on any atom is -0.462 e. The van der Waals surface area contributed by atoms with Gasteiger partial charge in [0.1, 0.15) is 19.3 Å². The van der Waals surface area contributed by atoms with Crippen molar-refractivity contribution in [3.05, 3.63) is 0 Å². The third kappa shape index (κ3) is 60.7. The van der Waals surface area contributed by atoms with Crippen molar-refractivity contribution in [3.63, 3.8) is 0 Å². The zero-order valence-corrected chi connectivity index (χ0v) is 56.7. The Kier molecular flexibility index (Phi) is 57.1. The summed E-state index contributed by atoms with van der Waals surface area (Å²) in [6, 6.07) is 0. The van der Waals surface area contributed by atoms with Crippen LogP contribution in [0.5, 0.6) is 0 Å². The van der Waals surface area contributed by atoms with Crippen LogP contribution in [0.1, 0.15) is 330 Å². The van der Waals surface area contributed by atoms with E-state index in [1.54, 1.807) is 0 Å². The smallest absolute Gasteiger partial charge is 0.462 e. The van der Waals surface area contributed by atoms with Gasteiger partial charge in [0.05, 0.1) is 26.4 Å². The van der Waals surface area contributed by atoms with Crippen molar-refractivity contribution in [1.29, 1.82) is 0 Å². The molecule has 0 aliphatic rings. The summed E-state index contributed by atoms with van der Waals surface area (Å²) in [4.78, 5) is 72.2. The van der Waals surface area contributed by atoms with Crippen LogP contribution in [0.15, 0.2) is 0 Å². The fourth-order valence-corrected chi connectivity index (χ4v) is 11.5. The Hall–Kier alpha value is -1.94. The van der Waals surface area contributed by atoms with Crippen molar-refractivity contribution in [3.8, 4) is 0 Å². The molecule has 0 heterocycles. The Morgan fingerprint density at radius 1 is 0.318 bits per heavy atom. The highest BCUT2D eigenvalue weighted by molar-refractivity contribution is 7.47. The number of hydrogen-bond acceptors (Lipinski definition) is 15. The standard InChI is InChI=1S/C66H128O17P2/c1-7-9-11-13-15-17-18-19-20-21-22-26-31-38-44-50-65(70)82-61(54-77-64(69)49-43-37-30-27-23-25-28-34-40-46-58(3)4)56-80-84(72,73)78-52-60(67)53-79-85(74,75)81-57-62(83-66(71)51-45-39-33-32-35-41-47-59(5)6)55-76-63(68)48-42-36-29-24-16-14-12-10-8-2/h58-62,67H,7-57H2,1-6H3,(H,72,73)(H,74,75)/t60-,61-,62-/m1/s1. The van der Waals surface area contributed by atoms with Crippen molar-refractivity contribution < 1.29 is 80.2 Å². The van der Waals surface area contributed by atoms with Crippen molar-refractivity contribution in [1.82, 2.24) is 0 Å². The van der Waals surface area contributed by atoms with Gasteiger partial charge in [0.25, 0.3) is 0 Å². The Balaban J connectivity index is 5.22. The molecule has 0 aliphatic carbocycles. The van der Waals surface area contributed by atoms with Gasteiger partial charge in [-0.3, -0.25) is 37.3 Å². The molecule has 0 aromatic heterocycles. The van der Waals surface area contributed by atoms with Gasteiger partial charge in [-0.2, -0.15) is 0 Å². The first-order valence-corrected chi connectivity index (χ1v) is 37.5. The van der Waals surface area contributed by atoms with E-state index in [1.165, 1.54) is 148 Å². The van der Waals surface area contributed by atoms with Crippen molar-refractivity contribution in [2.45, 2.75) is 349 Å². The summed E-state index contributed by atoms with van der Waals surface area (Å²) in [5.74, 6) is -0.721. The predicted octanol–water partition coefficient (Wildman–Crippen LogP) is 18.4. The topological polar surface area (TPSA) is 237 Å². The summed E-state index contributed by atoms with van der Waals surface area (Å²) >= 11 is 0. The number of phosphoric acid groups is 2. The molecule has 3 N–H and O–H groups in total. The molecule has 0 bridgehead atoms. The molecule has 0 saturated heterocycles. The van der Waals surface area contributed by atoms with Crippen molar-refractivity contribution in [2.75, 3.05) is 39.6 Å². The molecule has 0 rings (SSSR count). The molecular weight excluding hydrogens is 1130 g/mol. The molecule has 0 aromatic carbocycles. The molecule has 17 nitrogen and oxygen atoms in total. The van der Waals surface area contributed by atoms with Gasteiger partial charge < -0.3 is 33.8 Å². The highest BCUT2D eigenvalue weighted by atomic mass is 31.2. The van der Waals surface area contributed by atoms with Gasteiger partial charge in [-0.1, -0.05) is 279 Å². The zero-order valence-electron chi connectivity index (χ0n) is 54.9. The number of esters is 4. The quantitative estimate of drug-likeness (QED) is 0.0222. The minimum atomic E-state index is -4.95. The van der Waals surface area contributed by atoms with Crippen LogP contribution < -0.4 is 0 Å². The number of hydrogen-bond donors (Lipinski definition) is 3. The second-order valence-electron chi connectivity index (χ2n) is 24.8. The average molecular weight is 1260 g/mol. The largest absolute Gasteiger partial charge is 0.472 e. The predicted molar refractivity (Wildman–Crippen MR) is 340 cm³/mol. The van der Waals surface area contributed by atoms with Crippen LogP contribution in [-0.2, 0) is 65.4 Å². The summed E-state index contributed by atoms with van der Waals surface area (Å²) in [5, 5.41) is 10.5. The fourth-order valence-electron chi connectivity index (χ4n) is 9.88. The van der Waals surface area contributed by atoms with Gasteiger partial charge in [0, 0.05) is 25.7 Å². The normalized spacial score (nSPS) is 14.2. The Morgan fingerprint density at radius 3 is 0.800 bits per heavy atom. The van der Waals surface area contributed by atoms with Crippen molar-refractivity contribution in [2.24, 2.45) is 11.8 Å². The van der Waals surface area contributed by atoms with E-state index in [4.69, 9.17) is 37.0 Å². The molecule has 0 saturated carbocycles. The molecular formula is C66H128O17P2. The summed E-state index contributed by atoms with van der Waals surface area (Å²) in [6.45, 7) is 9.39. The van der Waals surface area contributed by atoms with E-state index in [0.717, 1.165) is 95.8 Å². The van der Waals surface area contributed by atoms with E-state index in [9.17, 15) is 43.2 Å². The van der Waals surface area contributed by atoms with E-state index in [2.05, 4.69) is 41.5 Å². The molecule has 85 heavy (non-hydrogen) atoms. The molecule has 5 atom stereocenters. The third-order valence-corrected chi connectivity index (χ3v) is 17.1. The SMILES string of the molecule is CCCCCCCCCCCCCCCCCC(=O)O[C@H](COC(=O)CCCCCCCCCCCC(C)C)COP(=O)(O)OC[C@@H](O)COP(=O)(O)OC[C@@H](COC(=O)CCCCCCCCCCC)OC(=O)CCCCCCCCC(C)C. The molecule has 0 radical (unpaired) electrons. The molecule has 504 valence electrons. The van der Waals surface area contributed by atoms with Crippen LogP contribution in [0.2, 0.25) is 0 Å². The maximum atomic E-state index is 13.0. The van der Waals surface area contributed by atoms with E-state index >= 15 is 0 Å².